The lowest BCUT2D eigenvalue weighted by molar-refractivity contribution is -0.386. The predicted octanol–water partition coefficient (Wildman–Crippen LogP) is 5.58. The van der Waals surface area contributed by atoms with E-state index < -0.39 is 10.9 Å². The third kappa shape index (κ3) is 6.22. The first-order valence-electron chi connectivity index (χ1n) is 11.3. The van der Waals surface area contributed by atoms with Crippen molar-refractivity contribution in [2.75, 3.05) is 13.7 Å². The lowest BCUT2D eigenvalue weighted by Crippen LogP contribution is -2.23. The van der Waals surface area contributed by atoms with Gasteiger partial charge < -0.3 is 9.47 Å². The maximum atomic E-state index is 12.8. The van der Waals surface area contributed by atoms with Crippen molar-refractivity contribution >= 4 is 46.3 Å². The van der Waals surface area contributed by atoms with E-state index in [1.807, 2.05) is 30.3 Å². The van der Waals surface area contributed by atoms with E-state index in [-0.39, 0.29) is 30.6 Å². The fraction of sp³-hybridized carbons (Fsp3) is 0.148. The van der Waals surface area contributed by atoms with Crippen LogP contribution in [0.2, 0.25) is 0 Å². The van der Waals surface area contributed by atoms with E-state index in [1.54, 1.807) is 50.4 Å². The van der Waals surface area contributed by atoms with Crippen molar-refractivity contribution in [2.24, 2.45) is 4.99 Å². The molecule has 1 saturated heterocycles. The largest absolute Gasteiger partial charge is 0.482 e. The summed E-state index contributed by atoms with van der Waals surface area (Å²) in [6.45, 7) is 2.18. The number of ether oxygens (including phenoxy) is 2. The number of benzene rings is 3. The summed E-state index contributed by atoms with van der Waals surface area (Å²) in [7, 11) is 1.59. The zero-order valence-corrected chi connectivity index (χ0v) is 20.9. The van der Waals surface area contributed by atoms with E-state index in [9.17, 15) is 19.7 Å². The Morgan fingerprint density at radius 1 is 1.11 bits per heavy atom. The Morgan fingerprint density at radius 2 is 1.89 bits per heavy atom. The molecule has 0 radical (unpaired) electrons. The van der Waals surface area contributed by atoms with Crippen LogP contribution < -0.4 is 4.74 Å². The highest BCUT2D eigenvalue weighted by Gasteiger charge is 2.30. The van der Waals surface area contributed by atoms with Crippen LogP contribution in [-0.4, -0.2) is 40.5 Å². The second-order valence-corrected chi connectivity index (χ2v) is 8.91. The zero-order chi connectivity index (χ0) is 26.4. The van der Waals surface area contributed by atoms with Gasteiger partial charge in [0.2, 0.25) is 0 Å². The molecule has 9 nitrogen and oxygen atoms in total. The van der Waals surface area contributed by atoms with E-state index >= 15 is 0 Å². The summed E-state index contributed by atoms with van der Waals surface area (Å²) in [5.41, 5.74) is 2.02. The second kappa shape index (κ2) is 11.5. The van der Waals surface area contributed by atoms with Gasteiger partial charge >= 0.3 is 11.7 Å². The van der Waals surface area contributed by atoms with Gasteiger partial charge in [-0.05, 0) is 60.2 Å². The third-order valence-electron chi connectivity index (χ3n) is 5.30. The molecule has 0 N–H and O–H groups in total. The Bertz CT molecular complexity index is 1400. The molecule has 0 spiro atoms. The van der Waals surface area contributed by atoms with Crippen molar-refractivity contribution in [2.45, 2.75) is 13.5 Å². The lowest BCUT2D eigenvalue weighted by Gasteiger charge is -2.08. The fourth-order valence-corrected chi connectivity index (χ4v) is 4.44. The van der Waals surface area contributed by atoms with E-state index in [0.717, 1.165) is 17.3 Å². The maximum absolute atomic E-state index is 12.8. The van der Waals surface area contributed by atoms with Gasteiger partial charge in [-0.2, -0.15) is 0 Å². The molecule has 0 bridgehead atoms. The molecule has 1 aliphatic rings. The molecular formula is C27H23N3O6S. The van der Waals surface area contributed by atoms with E-state index in [4.69, 9.17) is 9.47 Å². The molecule has 0 unspecified atom stereocenters. The highest BCUT2D eigenvalue weighted by molar-refractivity contribution is 8.18. The van der Waals surface area contributed by atoms with Crippen LogP contribution in [0.4, 0.5) is 11.4 Å². The number of rotatable bonds is 8. The van der Waals surface area contributed by atoms with Gasteiger partial charge in [0.25, 0.3) is 5.91 Å². The molecule has 188 valence electrons. The van der Waals surface area contributed by atoms with Gasteiger partial charge in [0, 0.05) is 13.1 Å². The normalized spacial score (nSPS) is 15.3. The first kappa shape index (κ1) is 25.6. The van der Waals surface area contributed by atoms with E-state index in [1.165, 1.54) is 17.0 Å². The number of thioether (sulfide) groups is 1. The number of aliphatic imine (C=N–C) groups is 1. The Kier molecular flexibility index (Phi) is 7.99. The van der Waals surface area contributed by atoms with Crippen LogP contribution in [0.3, 0.4) is 0 Å². The minimum absolute atomic E-state index is 0.141. The predicted molar refractivity (Wildman–Crippen MR) is 142 cm³/mol. The standard InChI is InChI=1S/C27H23N3O6S/c1-3-35-26(32)20-10-7-11-21(16-20)28-27-29(2)25(31)24(37-27)15-19-12-13-23(22(14-19)30(33)34)36-17-18-8-5-4-6-9-18/h4-16H,3,17H2,1-2H3. The zero-order valence-electron chi connectivity index (χ0n) is 20.1. The van der Waals surface area contributed by atoms with Crippen molar-refractivity contribution < 1.29 is 24.0 Å². The Balaban J connectivity index is 1.55. The summed E-state index contributed by atoms with van der Waals surface area (Å²) in [4.78, 5) is 42.3. The summed E-state index contributed by atoms with van der Waals surface area (Å²) in [5, 5.41) is 12.1. The highest BCUT2D eigenvalue weighted by Crippen LogP contribution is 2.35. The molecule has 1 fully saturated rings. The number of carbonyl (C=O) groups is 2. The lowest BCUT2D eigenvalue weighted by atomic mass is 10.1. The maximum Gasteiger partial charge on any atom is 0.338 e. The number of nitrogens with zero attached hydrogens (tertiary/aromatic N) is 3. The molecule has 3 aromatic carbocycles. The number of amidine groups is 1. The van der Waals surface area contributed by atoms with Crippen LogP contribution in [0.5, 0.6) is 5.75 Å². The monoisotopic (exact) mass is 517 g/mol. The van der Waals surface area contributed by atoms with Crippen LogP contribution in [0.25, 0.3) is 6.08 Å². The van der Waals surface area contributed by atoms with Crippen molar-refractivity contribution in [3.63, 3.8) is 0 Å². The number of carbonyl (C=O) groups excluding carboxylic acids is 2. The van der Waals surface area contributed by atoms with E-state index in [0.29, 0.717) is 26.9 Å². The summed E-state index contributed by atoms with van der Waals surface area (Å²) >= 11 is 1.14. The molecule has 0 aliphatic carbocycles. The second-order valence-electron chi connectivity index (χ2n) is 7.90. The summed E-state index contributed by atoms with van der Waals surface area (Å²) < 4.78 is 10.7. The molecule has 0 aromatic heterocycles. The molecule has 1 aliphatic heterocycles. The summed E-state index contributed by atoms with van der Waals surface area (Å²) in [5.74, 6) is -0.606. The van der Waals surface area contributed by atoms with Gasteiger partial charge in [-0.3, -0.25) is 19.8 Å². The molecule has 1 amide bonds. The molecule has 10 heteroatoms. The molecule has 37 heavy (non-hydrogen) atoms. The number of amides is 1. The van der Waals surface area contributed by atoms with Gasteiger partial charge in [-0.1, -0.05) is 42.5 Å². The topological polar surface area (TPSA) is 111 Å². The van der Waals surface area contributed by atoms with Crippen LogP contribution in [0.15, 0.2) is 82.7 Å². The first-order chi connectivity index (χ1) is 17.9. The minimum Gasteiger partial charge on any atom is -0.482 e. The Hall–Kier alpha value is -4.44. The van der Waals surface area contributed by atoms with Crippen molar-refractivity contribution in [1.82, 2.24) is 4.90 Å². The van der Waals surface area contributed by atoms with Crippen molar-refractivity contribution in [3.05, 3.63) is 105 Å². The molecule has 3 aromatic rings. The smallest absolute Gasteiger partial charge is 0.338 e. The first-order valence-corrected chi connectivity index (χ1v) is 12.2. The van der Waals surface area contributed by atoms with Gasteiger partial charge in [-0.15, -0.1) is 0 Å². The average molecular weight is 518 g/mol. The molecule has 0 atom stereocenters. The van der Waals surface area contributed by atoms with Gasteiger partial charge in [0.15, 0.2) is 10.9 Å². The minimum atomic E-state index is -0.512. The van der Waals surface area contributed by atoms with Gasteiger partial charge in [-0.25, -0.2) is 9.79 Å². The Labute approximate surface area is 217 Å². The van der Waals surface area contributed by atoms with E-state index in [2.05, 4.69) is 4.99 Å². The van der Waals surface area contributed by atoms with Crippen LogP contribution in [0.1, 0.15) is 28.4 Å². The Morgan fingerprint density at radius 3 is 2.62 bits per heavy atom. The molecular weight excluding hydrogens is 494 g/mol. The molecule has 1 heterocycles. The summed E-state index contributed by atoms with van der Waals surface area (Å²) in [6, 6.07) is 20.5. The number of hydrogen-bond donors (Lipinski definition) is 0. The van der Waals surface area contributed by atoms with Gasteiger partial charge in [0.05, 0.1) is 27.7 Å². The number of likely N-dealkylation sites (N-methyl/N-ethyl adjacent to an activating group) is 1. The van der Waals surface area contributed by atoms with Crippen LogP contribution >= 0.6 is 11.8 Å². The third-order valence-corrected chi connectivity index (χ3v) is 6.36. The number of esters is 1. The quantitative estimate of drug-likeness (QED) is 0.166. The van der Waals surface area contributed by atoms with Crippen molar-refractivity contribution in [3.8, 4) is 5.75 Å². The van der Waals surface area contributed by atoms with Crippen molar-refractivity contribution in [1.29, 1.82) is 0 Å². The number of nitro groups is 1. The van der Waals surface area contributed by atoms with Gasteiger partial charge in [0.1, 0.15) is 6.61 Å². The molecule has 4 rings (SSSR count). The summed E-state index contributed by atoms with van der Waals surface area (Å²) in [6.07, 6.45) is 1.58. The average Bonchev–Trinajstić information content (AvgIpc) is 3.16. The molecule has 0 saturated carbocycles. The van der Waals surface area contributed by atoms with Crippen LogP contribution in [-0.2, 0) is 16.1 Å². The highest BCUT2D eigenvalue weighted by atomic mass is 32.2. The number of hydrogen-bond acceptors (Lipinski definition) is 8. The fourth-order valence-electron chi connectivity index (χ4n) is 3.45. The SMILES string of the molecule is CCOC(=O)c1cccc(N=C2SC(=Cc3ccc(OCc4ccccc4)c([N+](=O)[O-])c3)C(=O)N2C)c1. The number of nitro benzene ring substituents is 1. The van der Waals surface area contributed by atoms with Crippen LogP contribution in [0, 0.1) is 10.1 Å².